The molecule has 0 spiro atoms. The summed E-state index contributed by atoms with van der Waals surface area (Å²) >= 11 is 0. The molecule has 0 N–H and O–H groups in total. The number of esters is 2. The summed E-state index contributed by atoms with van der Waals surface area (Å²) in [5.41, 5.74) is 0.888. The number of hydrogen-bond acceptors (Lipinski definition) is 8. The summed E-state index contributed by atoms with van der Waals surface area (Å²) in [5.74, 6) is -1.83. The number of likely N-dealkylation sites (N-methyl/N-ethyl adjacent to an activating group) is 1. The van der Waals surface area contributed by atoms with Gasteiger partial charge in [-0.3, -0.25) is 4.90 Å². The maximum Gasteiger partial charge on any atom is 0.357 e. The number of rotatable bonds is 7. The Hall–Kier alpha value is -3.39. The summed E-state index contributed by atoms with van der Waals surface area (Å²) in [5, 5.41) is 0. The molecule has 0 atom stereocenters. The van der Waals surface area contributed by atoms with Crippen molar-refractivity contribution in [1.29, 1.82) is 0 Å². The second-order valence-electron chi connectivity index (χ2n) is 6.75. The number of aromatic nitrogens is 1. The summed E-state index contributed by atoms with van der Waals surface area (Å²) in [6.07, 6.45) is 3.74. The molecular formula is C21H23N3O5. The number of benzene rings is 1. The highest BCUT2D eigenvalue weighted by molar-refractivity contribution is 5.93. The van der Waals surface area contributed by atoms with Crippen molar-refractivity contribution in [2.24, 2.45) is 0 Å². The van der Waals surface area contributed by atoms with Crippen molar-refractivity contribution in [3.8, 4) is 5.75 Å². The van der Waals surface area contributed by atoms with Crippen LogP contribution in [-0.2, 0) is 25.6 Å². The van der Waals surface area contributed by atoms with E-state index in [0.717, 1.165) is 23.5 Å². The molecule has 0 saturated heterocycles. The number of anilines is 1. The molecule has 152 valence electrons. The number of ether oxygens (including phenoxy) is 3. The summed E-state index contributed by atoms with van der Waals surface area (Å²) in [6.45, 7) is 0.383. The van der Waals surface area contributed by atoms with E-state index in [2.05, 4.69) is 4.98 Å². The largest absolute Gasteiger partial charge is 0.497 e. The van der Waals surface area contributed by atoms with Gasteiger partial charge in [-0.15, -0.1) is 0 Å². The monoisotopic (exact) mass is 397 g/mol. The van der Waals surface area contributed by atoms with E-state index in [1.807, 2.05) is 30.3 Å². The van der Waals surface area contributed by atoms with E-state index in [1.54, 1.807) is 49.3 Å². The number of cyclic esters (lactones) is 2. The summed E-state index contributed by atoms with van der Waals surface area (Å²) in [6, 6.07) is 12.8. The number of hydrogen-bond donors (Lipinski definition) is 0. The smallest absolute Gasteiger partial charge is 0.357 e. The third-order valence-corrected chi connectivity index (χ3v) is 4.23. The van der Waals surface area contributed by atoms with E-state index >= 15 is 0 Å². The quantitative estimate of drug-likeness (QED) is 0.656. The van der Waals surface area contributed by atoms with Gasteiger partial charge in [0.25, 0.3) is 0 Å². The van der Waals surface area contributed by atoms with Crippen molar-refractivity contribution in [3.05, 3.63) is 66.4 Å². The van der Waals surface area contributed by atoms with Crippen LogP contribution in [0.2, 0.25) is 0 Å². The van der Waals surface area contributed by atoms with Gasteiger partial charge in [0.2, 0.25) is 0 Å². The standard InChI is InChI=1S/C21H23N3O5/c1-23(2)15-21(28-19(25)11-12-20(26)29-21)24(18-6-4-5-13-22-18)14-16-7-9-17(27-3)10-8-16/h4-13H,14-15H2,1-3H3. The van der Waals surface area contributed by atoms with Crippen LogP contribution in [0, 0.1) is 0 Å². The topological polar surface area (TPSA) is 81.2 Å². The van der Waals surface area contributed by atoms with Crippen LogP contribution >= 0.6 is 0 Å². The van der Waals surface area contributed by atoms with Gasteiger partial charge in [0.15, 0.2) is 0 Å². The molecule has 1 aliphatic heterocycles. The second-order valence-corrected chi connectivity index (χ2v) is 6.75. The number of methoxy groups -OCH3 is 1. The Morgan fingerprint density at radius 3 is 2.17 bits per heavy atom. The van der Waals surface area contributed by atoms with E-state index < -0.39 is 17.8 Å². The Balaban J connectivity index is 2.07. The molecule has 0 saturated carbocycles. The van der Waals surface area contributed by atoms with Crippen LogP contribution in [0.15, 0.2) is 60.8 Å². The highest BCUT2D eigenvalue weighted by Gasteiger charge is 2.47. The Morgan fingerprint density at radius 2 is 1.66 bits per heavy atom. The van der Waals surface area contributed by atoms with Gasteiger partial charge in [0.05, 0.1) is 20.2 Å². The van der Waals surface area contributed by atoms with Crippen molar-refractivity contribution in [2.75, 3.05) is 32.6 Å². The van der Waals surface area contributed by atoms with Crippen LogP contribution in [0.5, 0.6) is 5.75 Å². The molecule has 0 amide bonds. The molecule has 2 heterocycles. The first-order chi connectivity index (χ1) is 13.9. The zero-order valence-electron chi connectivity index (χ0n) is 16.6. The zero-order valence-corrected chi connectivity index (χ0v) is 16.6. The molecule has 0 fully saturated rings. The Bertz CT molecular complexity index is 861. The number of pyridine rings is 1. The van der Waals surface area contributed by atoms with E-state index in [4.69, 9.17) is 14.2 Å². The molecule has 0 unspecified atom stereocenters. The molecule has 0 radical (unpaired) electrons. The molecule has 0 bridgehead atoms. The molecule has 3 rings (SSSR count). The van der Waals surface area contributed by atoms with Crippen LogP contribution in [-0.4, -0.2) is 55.5 Å². The molecule has 1 aromatic heterocycles. The summed E-state index contributed by atoms with van der Waals surface area (Å²) in [4.78, 5) is 32.4. The minimum absolute atomic E-state index is 0.110. The SMILES string of the molecule is COc1ccc(CN(c2ccccn2)C2(CN(C)C)OC(=O)C=CC(=O)O2)cc1. The molecule has 1 aromatic carbocycles. The first-order valence-electron chi connectivity index (χ1n) is 9.02. The van der Waals surface area contributed by atoms with E-state index in [0.29, 0.717) is 5.82 Å². The Kier molecular flexibility index (Phi) is 6.13. The van der Waals surface area contributed by atoms with Crippen molar-refractivity contribution in [1.82, 2.24) is 9.88 Å². The first kappa shape index (κ1) is 20.3. The second kappa shape index (κ2) is 8.74. The molecule has 8 heteroatoms. The van der Waals surface area contributed by atoms with Crippen molar-refractivity contribution in [2.45, 2.75) is 12.5 Å². The van der Waals surface area contributed by atoms with Gasteiger partial charge >= 0.3 is 17.8 Å². The van der Waals surface area contributed by atoms with E-state index in [9.17, 15) is 9.59 Å². The fraction of sp³-hybridized carbons (Fsp3) is 0.286. The fourth-order valence-corrected chi connectivity index (χ4v) is 3.00. The number of carbonyl (C=O) groups excluding carboxylic acids is 2. The molecule has 1 aliphatic rings. The summed E-state index contributed by atoms with van der Waals surface area (Å²) in [7, 11) is 5.19. The normalized spacial score (nSPS) is 15.4. The number of nitrogens with zero attached hydrogens (tertiary/aromatic N) is 3. The van der Waals surface area contributed by atoms with Crippen LogP contribution in [0.1, 0.15) is 5.56 Å². The highest BCUT2D eigenvalue weighted by atomic mass is 16.8. The number of carbonyl (C=O) groups is 2. The molecule has 8 nitrogen and oxygen atoms in total. The van der Waals surface area contributed by atoms with E-state index in [-0.39, 0.29) is 13.1 Å². The Morgan fingerprint density at radius 1 is 1.00 bits per heavy atom. The lowest BCUT2D eigenvalue weighted by Crippen LogP contribution is -2.59. The summed E-state index contributed by atoms with van der Waals surface area (Å²) < 4.78 is 16.5. The predicted molar refractivity (Wildman–Crippen MR) is 106 cm³/mol. The molecule has 0 aliphatic carbocycles. The lowest BCUT2D eigenvalue weighted by Gasteiger charge is -2.42. The van der Waals surface area contributed by atoms with Crippen molar-refractivity contribution in [3.63, 3.8) is 0 Å². The fourth-order valence-electron chi connectivity index (χ4n) is 3.00. The molecular weight excluding hydrogens is 374 g/mol. The minimum Gasteiger partial charge on any atom is -0.497 e. The van der Waals surface area contributed by atoms with Crippen molar-refractivity contribution >= 4 is 17.8 Å². The highest BCUT2D eigenvalue weighted by Crippen LogP contribution is 2.30. The van der Waals surface area contributed by atoms with Gasteiger partial charge in [-0.05, 0) is 43.9 Å². The lowest BCUT2D eigenvalue weighted by molar-refractivity contribution is -0.225. The maximum atomic E-state index is 12.3. The van der Waals surface area contributed by atoms with Gasteiger partial charge in [0.1, 0.15) is 11.6 Å². The molecule has 2 aromatic rings. The predicted octanol–water partition coefficient (Wildman–Crippen LogP) is 1.97. The van der Waals surface area contributed by atoms with Crippen LogP contribution in [0.3, 0.4) is 0 Å². The van der Waals surface area contributed by atoms with Crippen molar-refractivity contribution < 1.29 is 23.8 Å². The van der Waals surface area contributed by atoms with Gasteiger partial charge in [-0.2, -0.15) is 0 Å². The van der Waals surface area contributed by atoms with Gasteiger partial charge in [-0.1, -0.05) is 18.2 Å². The Labute approximate surface area is 169 Å². The minimum atomic E-state index is -1.70. The van der Waals surface area contributed by atoms with Gasteiger partial charge in [0, 0.05) is 18.3 Å². The zero-order chi connectivity index (χ0) is 20.9. The third kappa shape index (κ3) is 4.91. The average Bonchev–Trinajstić information content (AvgIpc) is 2.84. The van der Waals surface area contributed by atoms with Gasteiger partial charge < -0.3 is 19.1 Å². The third-order valence-electron chi connectivity index (χ3n) is 4.23. The first-order valence-corrected chi connectivity index (χ1v) is 9.02. The van der Waals surface area contributed by atoms with E-state index in [1.165, 1.54) is 0 Å². The lowest BCUT2D eigenvalue weighted by atomic mass is 10.2. The average molecular weight is 397 g/mol. The van der Waals surface area contributed by atoms with Gasteiger partial charge in [-0.25, -0.2) is 14.6 Å². The van der Waals surface area contributed by atoms with Crippen LogP contribution < -0.4 is 9.64 Å². The van der Waals surface area contributed by atoms with Crippen LogP contribution in [0.4, 0.5) is 5.82 Å². The maximum absolute atomic E-state index is 12.3. The van der Waals surface area contributed by atoms with Crippen LogP contribution in [0.25, 0.3) is 0 Å². The molecule has 29 heavy (non-hydrogen) atoms.